The van der Waals surface area contributed by atoms with Gasteiger partial charge in [-0.2, -0.15) is 9.97 Å². The van der Waals surface area contributed by atoms with E-state index in [0.717, 1.165) is 34.4 Å². The van der Waals surface area contributed by atoms with E-state index in [1.165, 1.54) is 0 Å². The number of ether oxygens (including phenoxy) is 3. The Morgan fingerprint density at radius 2 is 1.43 bits per heavy atom. The summed E-state index contributed by atoms with van der Waals surface area (Å²) in [6.45, 7) is 10.3. The molecule has 0 aliphatic carbocycles. The molecule has 224 valence electrons. The zero-order valence-corrected chi connectivity index (χ0v) is 25.0. The Hall–Kier alpha value is -4.16. The van der Waals surface area contributed by atoms with Crippen molar-refractivity contribution >= 4 is 18.5 Å². The van der Waals surface area contributed by atoms with Gasteiger partial charge < -0.3 is 34.3 Å². The van der Waals surface area contributed by atoms with E-state index in [9.17, 15) is 4.79 Å². The highest BCUT2D eigenvalue weighted by molar-refractivity contribution is 5.85. The SMILES string of the molecule is CCc1nc(-c2ccc3c(c2)OC[C@H]3N)no1.CCc1nc(-c2ccc3c(c2)OC[C@H]3NC(=O)OC(C)(C)C)no1.Cl. The Morgan fingerprint density at radius 3 is 1.95 bits per heavy atom. The minimum atomic E-state index is -0.536. The molecule has 0 radical (unpaired) electrons. The van der Waals surface area contributed by atoms with Crippen LogP contribution < -0.4 is 20.5 Å². The number of aromatic nitrogens is 4. The molecule has 1 amide bonds. The van der Waals surface area contributed by atoms with E-state index in [1.54, 1.807) is 0 Å². The first-order chi connectivity index (χ1) is 19.6. The van der Waals surface area contributed by atoms with E-state index in [2.05, 4.69) is 25.6 Å². The van der Waals surface area contributed by atoms with Crippen LogP contribution in [0.1, 0.15) is 69.6 Å². The fourth-order valence-corrected chi connectivity index (χ4v) is 4.32. The van der Waals surface area contributed by atoms with Crippen molar-refractivity contribution in [1.29, 1.82) is 0 Å². The van der Waals surface area contributed by atoms with Crippen LogP contribution in [0.25, 0.3) is 22.8 Å². The number of fused-ring (bicyclic) bond motifs is 2. The van der Waals surface area contributed by atoms with Gasteiger partial charge in [-0.15, -0.1) is 12.4 Å². The molecule has 3 N–H and O–H groups in total. The number of nitrogens with two attached hydrogens (primary N) is 1. The second kappa shape index (κ2) is 12.8. The van der Waals surface area contributed by atoms with Gasteiger partial charge in [-0.05, 0) is 32.9 Å². The monoisotopic (exact) mass is 598 g/mol. The van der Waals surface area contributed by atoms with E-state index < -0.39 is 11.7 Å². The number of hydrogen-bond acceptors (Lipinski definition) is 11. The Kier molecular flexibility index (Phi) is 9.37. The van der Waals surface area contributed by atoms with E-state index in [-0.39, 0.29) is 24.5 Å². The van der Waals surface area contributed by atoms with Gasteiger partial charge in [0.1, 0.15) is 30.3 Å². The van der Waals surface area contributed by atoms with Gasteiger partial charge in [0, 0.05) is 35.1 Å². The lowest BCUT2D eigenvalue weighted by Gasteiger charge is -2.21. The van der Waals surface area contributed by atoms with Crippen LogP contribution in [0.15, 0.2) is 45.4 Å². The second-order valence-electron chi connectivity index (χ2n) is 10.7. The standard InChI is InChI=1S/C17H21N3O4.C12H13N3O2.ClH/c1-5-14-19-15(20-24-14)10-6-7-11-12(9-22-13(11)8-10)18-16(21)23-17(2,3)4;1-2-11-14-12(15-17-11)7-3-4-8-9(13)6-16-10(8)5-7;/h6-8,12H,5,9H2,1-4H3,(H,18,21);3-5,9H,2,6,13H2,1H3;1H/t12-;9-;/m11./s1. The molecular formula is C29H35ClN6O6. The number of aryl methyl sites for hydroxylation is 2. The predicted octanol–water partition coefficient (Wildman–Crippen LogP) is 5.37. The number of carbonyl (C=O) groups is 1. The van der Waals surface area contributed by atoms with E-state index in [1.807, 2.05) is 71.0 Å². The van der Waals surface area contributed by atoms with Gasteiger partial charge in [0.2, 0.25) is 23.4 Å². The Balaban J connectivity index is 0.000000198. The maximum absolute atomic E-state index is 11.9. The number of nitrogens with zero attached hydrogens (tertiary/aromatic N) is 4. The largest absolute Gasteiger partial charge is 0.491 e. The lowest BCUT2D eigenvalue weighted by Crippen LogP contribution is -2.35. The van der Waals surface area contributed by atoms with Crippen molar-refractivity contribution in [2.75, 3.05) is 13.2 Å². The molecule has 2 aliphatic heterocycles. The fraction of sp³-hybridized carbons (Fsp3) is 0.414. The summed E-state index contributed by atoms with van der Waals surface area (Å²) in [7, 11) is 0. The maximum atomic E-state index is 11.9. The molecular weight excluding hydrogens is 564 g/mol. The number of nitrogens with one attached hydrogen (secondary N) is 1. The molecule has 0 spiro atoms. The lowest BCUT2D eigenvalue weighted by atomic mass is 10.1. The van der Waals surface area contributed by atoms with Gasteiger partial charge in [0.05, 0.1) is 12.1 Å². The Morgan fingerprint density at radius 1 is 0.905 bits per heavy atom. The molecule has 0 bridgehead atoms. The van der Waals surface area contributed by atoms with Crippen LogP contribution in [0.4, 0.5) is 4.79 Å². The highest BCUT2D eigenvalue weighted by atomic mass is 35.5. The summed E-state index contributed by atoms with van der Waals surface area (Å²) in [5, 5.41) is 10.7. The van der Waals surface area contributed by atoms with Crippen LogP contribution in [0.3, 0.4) is 0 Å². The minimum absolute atomic E-state index is 0. The number of alkyl carbamates (subject to hydrolysis) is 1. The number of hydrogen-bond donors (Lipinski definition) is 2. The van der Waals surface area contributed by atoms with Crippen molar-refractivity contribution in [1.82, 2.24) is 25.6 Å². The summed E-state index contributed by atoms with van der Waals surface area (Å²) < 4.78 is 26.7. The minimum Gasteiger partial charge on any atom is -0.491 e. The molecule has 2 atom stereocenters. The predicted molar refractivity (Wildman–Crippen MR) is 156 cm³/mol. The molecule has 4 aromatic rings. The van der Waals surface area contributed by atoms with Gasteiger partial charge in [0.25, 0.3) is 0 Å². The first kappa shape index (κ1) is 30.8. The van der Waals surface area contributed by atoms with E-state index in [4.69, 9.17) is 29.0 Å². The third-order valence-electron chi connectivity index (χ3n) is 6.37. The summed E-state index contributed by atoms with van der Waals surface area (Å²) in [6.07, 6.45) is 0.967. The molecule has 0 fully saturated rings. The van der Waals surface area contributed by atoms with Gasteiger partial charge >= 0.3 is 6.09 Å². The van der Waals surface area contributed by atoms with Gasteiger partial charge in [-0.1, -0.05) is 48.4 Å². The normalized spacial score (nSPS) is 16.6. The number of benzene rings is 2. The molecule has 12 nitrogen and oxygen atoms in total. The molecule has 6 rings (SSSR count). The number of rotatable bonds is 5. The van der Waals surface area contributed by atoms with E-state index >= 15 is 0 Å². The molecule has 0 unspecified atom stereocenters. The van der Waals surface area contributed by atoms with Crippen molar-refractivity contribution in [3.05, 3.63) is 59.3 Å². The smallest absolute Gasteiger partial charge is 0.408 e. The van der Waals surface area contributed by atoms with Crippen LogP contribution in [0, 0.1) is 0 Å². The van der Waals surface area contributed by atoms with Gasteiger partial charge in [-0.3, -0.25) is 0 Å². The van der Waals surface area contributed by atoms with Gasteiger partial charge in [-0.25, -0.2) is 4.79 Å². The number of carbonyl (C=O) groups excluding carboxylic acids is 1. The van der Waals surface area contributed by atoms with Crippen LogP contribution in [-0.4, -0.2) is 45.2 Å². The summed E-state index contributed by atoms with van der Waals surface area (Å²) in [6, 6.07) is 11.2. The zero-order chi connectivity index (χ0) is 29.1. The van der Waals surface area contributed by atoms with Crippen LogP contribution in [0.2, 0.25) is 0 Å². The molecule has 2 aromatic heterocycles. The molecule has 0 saturated heterocycles. The quantitative estimate of drug-likeness (QED) is 0.304. The van der Waals surface area contributed by atoms with Crippen LogP contribution >= 0.6 is 12.4 Å². The van der Waals surface area contributed by atoms with Crippen molar-refractivity contribution in [2.45, 2.75) is 65.1 Å². The molecule has 42 heavy (non-hydrogen) atoms. The van der Waals surface area contributed by atoms with Crippen molar-refractivity contribution < 1.29 is 28.1 Å². The Bertz CT molecular complexity index is 1530. The average molecular weight is 599 g/mol. The van der Waals surface area contributed by atoms with Crippen molar-refractivity contribution in [2.24, 2.45) is 5.73 Å². The Labute approximate surface area is 249 Å². The van der Waals surface area contributed by atoms with Crippen molar-refractivity contribution in [3.8, 4) is 34.3 Å². The van der Waals surface area contributed by atoms with Crippen LogP contribution in [-0.2, 0) is 17.6 Å². The highest BCUT2D eigenvalue weighted by Gasteiger charge is 2.28. The third kappa shape index (κ3) is 7.00. The third-order valence-corrected chi connectivity index (χ3v) is 6.37. The molecule has 13 heteroatoms. The summed E-state index contributed by atoms with van der Waals surface area (Å²) in [5.74, 6) is 3.87. The highest BCUT2D eigenvalue weighted by Crippen LogP contribution is 2.36. The summed E-state index contributed by atoms with van der Waals surface area (Å²) in [5.41, 5.74) is 9.00. The van der Waals surface area contributed by atoms with Gasteiger partial charge in [0.15, 0.2) is 0 Å². The zero-order valence-electron chi connectivity index (χ0n) is 24.2. The fourth-order valence-electron chi connectivity index (χ4n) is 4.32. The van der Waals surface area contributed by atoms with E-state index in [0.29, 0.717) is 48.8 Å². The topological polar surface area (TPSA) is 161 Å². The molecule has 2 aliphatic rings. The molecule has 2 aromatic carbocycles. The first-order valence-electron chi connectivity index (χ1n) is 13.6. The molecule has 4 heterocycles. The summed E-state index contributed by atoms with van der Waals surface area (Å²) in [4.78, 5) is 20.5. The van der Waals surface area contributed by atoms with Crippen molar-refractivity contribution in [3.63, 3.8) is 0 Å². The number of halogens is 1. The summed E-state index contributed by atoms with van der Waals surface area (Å²) >= 11 is 0. The van der Waals surface area contributed by atoms with Crippen LogP contribution in [0.5, 0.6) is 11.5 Å². The average Bonchev–Trinajstić information content (AvgIpc) is 3.75. The lowest BCUT2D eigenvalue weighted by molar-refractivity contribution is 0.0497. The maximum Gasteiger partial charge on any atom is 0.408 e. The first-order valence-corrected chi connectivity index (χ1v) is 13.6. The molecule has 0 saturated carbocycles. The second-order valence-corrected chi connectivity index (χ2v) is 10.7. The number of amides is 1.